The average molecular weight is 1080 g/mol. The van der Waals surface area contributed by atoms with Gasteiger partial charge >= 0.3 is 0 Å². The Morgan fingerprint density at radius 3 is 1.45 bits per heavy atom. The van der Waals surface area contributed by atoms with Gasteiger partial charge in [-0.05, 0) is 144 Å². The Bertz CT molecular complexity index is 3280. The second-order valence-corrected chi connectivity index (χ2v) is 18.0. The van der Waals surface area contributed by atoms with E-state index in [-0.39, 0.29) is 67.7 Å². The molecule has 4 aromatic carbocycles. The van der Waals surface area contributed by atoms with Crippen LogP contribution in [0.5, 0.6) is 0 Å². The Kier molecular flexibility index (Phi) is 25.9. The molecule has 0 saturated carbocycles. The predicted octanol–water partition coefficient (Wildman–Crippen LogP) is 13.3. The molecule has 2 heterocycles. The third kappa shape index (κ3) is 21.7. The van der Waals surface area contributed by atoms with Gasteiger partial charge in [-0.1, -0.05) is 153 Å². The highest BCUT2D eigenvalue weighted by molar-refractivity contribution is 5.94. The van der Waals surface area contributed by atoms with Crippen LogP contribution >= 0.6 is 0 Å². The van der Waals surface area contributed by atoms with E-state index in [1.54, 1.807) is 6.92 Å². The van der Waals surface area contributed by atoms with Gasteiger partial charge in [0, 0.05) is 46.3 Å². The van der Waals surface area contributed by atoms with Crippen LogP contribution in [0.3, 0.4) is 0 Å². The lowest BCUT2D eigenvalue weighted by atomic mass is 9.97. The van der Waals surface area contributed by atoms with Gasteiger partial charge in [-0.15, -0.1) is 0 Å². The van der Waals surface area contributed by atoms with Crippen LogP contribution in [-0.4, -0.2) is 73.9 Å². The molecule has 78 heavy (non-hydrogen) atoms. The topological polar surface area (TPSA) is 103 Å². The van der Waals surface area contributed by atoms with Gasteiger partial charge in [0.15, 0.2) is 12.1 Å². The SMILES string of the molecule is CC#CC#CC#CC#CC#CC#CC#CC#CC#CC#CC(=O)N[C@@H](COC1OC(COCc2ccccc2)C(OCc2ccccc2)C(OCc2ccccc2)C1OCc1ccccc1)[C@@H]1OC(C)(C)O[C@@H]1CCCCC.[HH].[HH].[HH].[HH].[HH].[HH].[HH].[HH].[HH].[HH].[HH].[HH].[HH].[HH].[HH].[HH].[HH].[HH].[HH].[HH]. The Labute approximate surface area is 491 Å². The maximum absolute atomic E-state index is 13.8. The fourth-order valence-corrected chi connectivity index (χ4v) is 8.18. The second-order valence-electron chi connectivity index (χ2n) is 18.0. The lowest BCUT2D eigenvalue weighted by Crippen LogP contribution is -2.62. The summed E-state index contributed by atoms with van der Waals surface area (Å²) >= 11 is 0. The van der Waals surface area contributed by atoms with Crippen molar-refractivity contribution in [3.8, 4) is 118 Å². The molecular weight excluding hydrogens is 975 g/mol. The smallest absolute Gasteiger partial charge is 0.297 e. The fourth-order valence-electron chi connectivity index (χ4n) is 8.18. The average Bonchev–Trinajstić information content (AvgIpc) is 1.10. The molecule has 1 amide bonds. The van der Waals surface area contributed by atoms with Gasteiger partial charge < -0.3 is 43.2 Å². The number of unbranched alkanes of at least 4 members (excludes halogenated alkanes) is 2. The van der Waals surface area contributed by atoms with E-state index < -0.39 is 54.5 Å². The van der Waals surface area contributed by atoms with Crippen LogP contribution in [0, 0.1) is 118 Å². The molecule has 0 bridgehead atoms. The predicted molar refractivity (Wildman–Crippen MR) is 341 cm³/mol. The zero-order chi connectivity index (χ0) is 54.7. The van der Waals surface area contributed by atoms with Crippen LogP contribution in [0.1, 0.15) is 104 Å². The largest absolute Gasteiger partial charge is 0.374 e. The molecule has 432 valence electrons. The summed E-state index contributed by atoms with van der Waals surface area (Å²) in [5, 5.41) is 3.06. The molecule has 8 atom stereocenters. The number of hydrogen-bond acceptors (Lipinski definition) is 9. The highest BCUT2D eigenvalue weighted by Crippen LogP contribution is 2.35. The van der Waals surface area contributed by atoms with Gasteiger partial charge in [0.1, 0.15) is 30.5 Å². The maximum atomic E-state index is 13.8. The molecule has 2 aliphatic rings. The zero-order valence-corrected chi connectivity index (χ0v) is 44.4. The minimum atomic E-state index is -1.06. The summed E-state index contributed by atoms with van der Waals surface area (Å²) in [6, 6.07) is 38.9. The second kappa shape index (κ2) is 34.3. The summed E-state index contributed by atoms with van der Waals surface area (Å²) in [5.74, 6) is 49.8. The standard InChI is InChI=1S/C68H61NO9.20H2/c1-5-7-9-10-11-12-13-14-15-16-17-18-19-20-21-22-23-24-38-48-62(70)69-59(63-60(47-29-8-6-2)77-68(3,4)78-63)53-75-67-66(74-52-58-45-36-28-37-46-58)65(73-51-57-43-34-27-35-44-57)64(72-50-56-41-32-26-33-42-56)61(76-67)54-71-49-55-39-30-25-31-40-55;;;;;;;;;;;;;;;;;;;;/h25-28,30-37,39-46,59-61,63-67H,6,8,29,47,49-54H2,1-4H3,(H,69,70);20*1H/t59-,60+,61?,63-,64?,65?,66?,67?;;;;;;;;;;;;;;;;;;;;/m0..................../s1. The van der Waals surface area contributed by atoms with Crippen molar-refractivity contribution < 1.29 is 71.2 Å². The highest BCUT2D eigenvalue weighted by atomic mass is 16.8. The summed E-state index contributed by atoms with van der Waals surface area (Å²) in [4.78, 5) is 13.8. The first-order valence-electron chi connectivity index (χ1n) is 25.8. The molecule has 10 nitrogen and oxygen atoms in total. The van der Waals surface area contributed by atoms with E-state index in [1.165, 1.54) is 0 Å². The van der Waals surface area contributed by atoms with Gasteiger partial charge in [-0.2, -0.15) is 0 Å². The van der Waals surface area contributed by atoms with Gasteiger partial charge in [0.2, 0.25) is 0 Å². The monoisotopic (exact) mass is 1080 g/mol. The first-order chi connectivity index (χ1) is 38.3. The molecule has 0 spiro atoms. The summed E-state index contributed by atoms with van der Waals surface area (Å²) in [5.41, 5.74) is 3.88. The molecule has 2 saturated heterocycles. The number of carbonyl (C=O) groups excluding carboxylic acids is 1. The van der Waals surface area contributed by atoms with Gasteiger partial charge in [-0.25, -0.2) is 0 Å². The van der Waals surface area contributed by atoms with Crippen LogP contribution in [0.15, 0.2) is 121 Å². The molecule has 1 N–H and O–H groups in total. The molecule has 10 heteroatoms. The van der Waals surface area contributed by atoms with E-state index in [9.17, 15) is 4.79 Å². The van der Waals surface area contributed by atoms with Crippen molar-refractivity contribution in [2.24, 2.45) is 0 Å². The third-order valence-corrected chi connectivity index (χ3v) is 11.7. The van der Waals surface area contributed by atoms with Gasteiger partial charge in [0.05, 0.1) is 51.8 Å². The Hall–Kier alpha value is -8.37. The first-order valence-corrected chi connectivity index (χ1v) is 25.8. The summed E-state index contributed by atoms with van der Waals surface area (Å²) in [6.45, 7) is 8.68. The number of hydrogen-bond donors (Lipinski definition) is 1. The van der Waals surface area contributed by atoms with Crippen LogP contribution in [0.2, 0.25) is 0 Å². The molecule has 5 unspecified atom stereocenters. The van der Waals surface area contributed by atoms with Crippen molar-refractivity contribution in [2.45, 2.75) is 135 Å². The lowest BCUT2D eigenvalue weighted by molar-refractivity contribution is -0.329. The van der Waals surface area contributed by atoms with Gasteiger partial charge in [-0.3, -0.25) is 4.79 Å². The van der Waals surface area contributed by atoms with Crippen molar-refractivity contribution >= 4 is 5.91 Å². The first kappa shape index (κ1) is 58.9. The number of amides is 1. The molecule has 4 aromatic rings. The minimum absolute atomic E-state index is 0. The van der Waals surface area contributed by atoms with E-state index in [0.717, 1.165) is 41.5 Å². The quantitative estimate of drug-likeness (QED) is 0.0609. The molecule has 6 rings (SSSR count). The Balaban J connectivity index is -0.000000265. The fraction of sp³-hybridized carbons (Fsp3) is 0.338. The van der Waals surface area contributed by atoms with E-state index in [1.807, 2.05) is 135 Å². The Morgan fingerprint density at radius 1 is 0.538 bits per heavy atom. The molecule has 0 aliphatic carbocycles. The summed E-state index contributed by atoms with van der Waals surface area (Å²) < 4.78 is 54.0. The molecule has 0 aromatic heterocycles. The van der Waals surface area contributed by atoms with Gasteiger partial charge in [0.25, 0.3) is 5.91 Å². The van der Waals surface area contributed by atoms with Crippen LogP contribution in [-0.2, 0) is 69.1 Å². The van der Waals surface area contributed by atoms with Crippen molar-refractivity contribution in [2.75, 3.05) is 13.2 Å². The minimum Gasteiger partial charge on any atom is -0.374 e. The van der Waals surface area contributed by atoms with E-state index >= 15 is 0 Å². The Morgan fingerprint density at radius 2 is 0.974 bits per heavy atom. The molecule has 0 radical (unpaired) electrons. The lowest BCUT2D eigenvalue weighted by Gasteiger charge is -2.46. The van der Waals surface area contributed by atoms with Crippen molar-refractivity contribution in [3.05, 3.63) is 144 Å². The highest BCUT2D eigenvalue weighted by Gasteiger charge is 2.51. The van der Waals surface area contributed by atoms with E-state index in [0.29, 0.717) is 13.0 Å². The van der Waals surface area contributed by atoms with E-state index in [4.69, 9.17) is 37.9 Å². The maximum Gasteiger partial charge on any atom is 0.297 e. The number of rotatable bonds is 22. The zero-order valence-electron chi connectivity index (χ0n) is 44.4. The van der Waals surface area contributed by atoms with Crippen LogP contribution in [0.25, 0.3) is 0 Å². The summed E-state index contributed by atoms with van der Waals surface area (Å²) in [6.07, 6.45) is -1.42. The van der Waals surface area contributed by atoms with E-state index in [2.05, 4.69) is 131 Å². The molecule has 2 fully saturated rings. The number of ether oxygens (including phenoxy) is 8. The van der Waals surface area contributed by atoms with Crippen LogP contribution < -0.4 is 5.32 Å². The molecular formula is C68H101NO9. The number of nitrogens with one attached hydrogen (secondary N) is 1. The van der Waals surface area contributed by atoms with Crippen molar-refractivity contribution in [1.29, 1.82) is 0 Å². The summed E-state index contributed by atoms with van der Waals surface area (Å²) in [7, 11) is 0. The number of benzene rings is 4. The molecule has 2 aliphatic heterocycles. The van der Waals surface area contributed by atoms with Crippen LogP contribution in [0.4, 0.5) is 0 Å². The normalized spacial score (nSPS) is 19.4. The third-order valence-electron chi connectivity index (χ3n) is 11.7. The number of carbonyl (C=O) groups is 1. The van der Waals surface area contributed by atoms with Crippen molar-refractivity contribution in [1.82, 2.24) is 5.32 Å². The van der Waals surface area contributed by atoms with Crippen molar-refractivity contribution in [3.63, 3.8) is 0 Å².